The Bertz CT molecular complexity index is 359. The van der Waals surface area contributed by atoms with Crippen LogP contribution in [0.1, 0.15) is 38.3 Å². The van der Waals surface area contributed by atoms with Crippen molar-refractivity contribution in [3.8, 4) is 0 Å². The molecule has 1 nitrogen and oxygen atoms in total. The number of benzene rings is 1. The van der Waals surface area contributed by atoms with Gasteiger partial charge in [-0.2, -0.15) is 0 Å². The predicted octanol–water partition coefficient (Wildman–Crippen LogP) is 4.37. The molecule has 1 fully saturated rings. The van der Waals surface area contributed by atoms with Gasteiger partial charge in [0.2, 0.25) is 0 Å². The van der Waals surface area contributed by atoms with Gasteiger partial charge in [0.1, 0.15) is 0 Å². The van der Waals surface area contributed by atoms with Crippen molar-refractivity contribution in [2.75, 3.05) is 6.54 Å². The molecule has 16 heavy (non-hydrogen) atoms. The van der Waals surface area contributed by atoms with E-state index in [2.05, 4.69) is 53.3 Å². The Labute approximate surface area is 111 Å². The zero-order valence-corrected chi connectivity index (χ0v) is 12.2. The fourth-order valence-corrected chi connectivity index (χ4v) is 3.56. The number of rotatable bonds is 3. The zero-order valence-electron chi connectivity index (χ0n) is 9.79. The third-order valence-corrected chi connectivity index (χ3v) is 4.78. The van der Waals surface area contributed by atoms with Crippen molar-refractivity contribution in [1.82, 2.24) is 5.32 Å². The van der Waals surface area contributed by atoms with E-state index < -0.39 is 0 Å². The second kappa shape index (κ2) is 5.56. The summed E-state index contributed by atoms with van der Waals surface area (Å²) < 4.78 is 1.23. The lowest BCUT2D eigenvalue weighted by Crippen LogP contribution is -2.12. The molecule has 1 atom stereocenters. The van der Waals surface area contributed by atoms with E-state index in [0.717, 1.165) is 6.54 Å². The van der Waals surface area contributed by atoms with Crippen LogP contribution in [-0.4, -0.2) is 11.8 Å². The number of nitrogens with one attached hydrogen (secondary N) is 1. The largest absolute Gasteiger partial charge is 0.310 e. The van der Waals surface area contributed by atoms with Gasteiger partial charge in [-0.15, -0.1) is 11.8 Å². The number of hydrogen-bond acceptors (Lipinski definition) is 2. The molecule has 1 N–H and O–H groups in total. The van der Waals surface area contributed by atoms with E-state index in [0.29, 0.717) is 11.3 Å². The highest BCUT2D eigenvalue weighted by atomic mass is 79.9. The Morgan fingerprint density at radius 2 is 2.25 bits per heavy atom. The van der Waals surface area contributed by atoms with Gasteiger partial charge in [0, 0.05) is 20.7 Å². The molecular weight excluding hydrogens is 282 g/mol. The van der Waals surface area contributed by atoms with Gasteiger partial charge in [0.15, 0.2) is 0 Å². The molecule has 1 saturated heterocycles. The summed E-state index contributed by atoms with van der Waals surface area (Å²) in [5.41, 5.74) is 1.41. The van der Waals surface area contributed by atoms with Gasteiger partial charge in [-0.3, -0.25) is 0 Å². The number of halogens is 1. The number of hydrogen-bond donors (Lipinski definition) is 1. The molecule has 0 saturated carbocycles. The lowest BCUT2D eigenvalue weighted by atomic mass is 10.1. The molecule has 0 amide bonds. The first-order valence-corrected chi connectivity index (χ1v) is 7.53. The molecule has 1 unspecified atom stereocenters. The first-order chi connectivity index (χ1) is 7.66. The highest BCUT2D eigenvalue weighted by Crippen LogP contribution is 2.34. The van der Waals surface area contributed by atoms with Crippen LogP contribution in [0.25, 0.3) is 0 Å². The van der Waals surface area contributed by atoms with Crippen molar-refractivity contribution >= 4 is 27.7 Å². The molecule has 0 aromatic heterocycles. The summed E-state index contributed by atoms with van der Waals surface area (Å²) in [6, 6.07) is 7.34. The fraction of sp³-hybridized carbons (Fsp3) is 0.538. The van der Waals surface area contributed by atoms with Gasteiger partial charge in [-0.05, 0) is 53.0 Å². The molecule has 1 heterocycles. The summed E-state index contributed by atoms with van der Waals surface area (Å²) in [4.78, 5) is 1.34. The molecule has 2 rings (SSSR count). The Kier molecular flexibility index (Phi) is 4.34. The molecular formula is C13H18BrNS. The van der Waals surface area contributed by atoms with Gasteiger partial charge in [0.05, 0.1) is 0 Å². The average Bonchev–Trinajstić information content (AvgIpc) is 2.73. The Morgan fingerprint density at radius 1 is 1.44 bits per heavy atom. The maximum atomic E-state index is 3.67. The molecule has 1 aromatic rings. The number of thioether (sulfide) groups is 1. The maximum Gasteiger partial charge on any atom is 0.0321 e. The fourth-order valence-electron chi connectivity index (χ4n) is 2.05. The van der Waals surface area contributed by atoms with Crippen LogP contribution in [0.4, 0.5) is 0 Å². The smallest absolute Gasteiger partial charge is 0.0321 e. The van der Waals surface area contributed by atoms with Crippen LogP contribution in [0.15, 0.2) is 27.6 Å². The third kappa shape index (κ3) is 3.02. The van der Waals surface area contributed by atoms with Gasteiger partial charge >= 0.3 is 0 Å². The van der Waals surface area contributed by atoms with Crippen LogP contribution in [0.3, 0.4) is 0 Å². The highest BCUT2D eigenvalue weighted by molar-refractivity contribution is 9.10. The maximum absolute atomic E-state index is 3.67. The van der Waals surface area contributed by atoms with Crippen LogP contribution in [0, 0.1) is 0 Å². The molecule has 0 spiro atoms. The zero-order chi connectivity index (χ0) is 11.5. The minimum Gasteiger partial charge on any atom is -0.310 e. The SMILES string of the molecule is CC(C)Sc1ccc(C2CCCN2)cc1Br. The van der Waals surface area contributed by atoms with E-state index in [4.69, 9.17) is 0 Å². The van der Waals surface area contributed by atoms with Gasteiger partial charge in [0.25, 0.3) is 0 Å². The summed E-state index contributed by atoms with van der Waals surface area (Å²) in [5, 5.41) is 4.16. The van der Waals surface area contributed by atoms with Crippen molar-refractivity contribution in [1.29, 1.82) is 0 Å². The van der Waals surface area contributed by atoms with Crippen LogP contribution in [-0.2, 0) is 0 Å². The monoisotopic (exact) mass is 299 g/mol. The topological polar surface area (TPSA) is 12.0 Å². The Balaban J connectivity index is 2.15. The van der Waals surface area contributed by atoms with Crippen molar-refractivity contribution < 1.29 is 0 Å². The van der Waals surface area contributed by atoms with Crippen LogP contribution < -0.4 is 5.32 Å². The van der Waals surface area contributed by atoms with Crippen molar-refractivity contribution in [3.63, 3.8) is 0 Å². The lowest BCUT2D eigenvalue weighted by molar-refractivity contribution is 0.647. The van der Waals surface area contributed by atoms with Gasteiger partial charge in [-0.25, -0.2) is 0 Å². The first-order valence-electron chi connectivity index (χ1n) is 5.86. The average molecular weight is 300 g/mol. The molecule has 1 aliphatic rings. The summed E-state index contributed by atoms with van der Waals surface area (Å²) >= 11 is 5.58. The summed E-state index contributed by atoms with van der Waals surface area (Å²) in [5.74, 6) is 0. The van der Waals surface area contributed by atoms with Crippen molar-refractivity contribution in [2.24, 2.45) is 0 Å². The molecule has 0 aliphatic carbocycles. The van der Waals surface area contributed by atoms with Crippen LogP contribution in [0.2, 0.25) is 0 Å². The van der Waals surface area contributed by atoms with E-state index in [9.17, 15) is 0 Å². The molecule has 1 aromatic carbocycles. The quantitative estimate of drug-likeness (QED) is 0.832. The van der Waals surface area contributed by atoms with Crippen LogP contribution >= 0.6 is 27.7 Å². The molecule has 0 bridgehead atoms. The minimum atomic E-state index is 0.564. The Morgan fingerprint density at radius 3 is 2.81 bits per heavy atom. The van der Waals surface area contributed by atoms with E-state index in [1.807, 2.05) is 11.8 Å². The van der Waals surface area contributed by atoms with E-state index >= 15 is 0 Å². The standard InChI is InChI=1S/C13H18BrNS/c1-9(2)16-13-6-5-10(8-11(13)14)12-4-3-7-15-12/h5-6,8-9,12,15H,3-4,7H2,1-2H3. The van der Waals surface area contributed by atoms with E-state index in [1.165, 1.54) is 27.8 Å². The Hall–Kier alpha value is 0.01000. The second-order valence-electron chi connectivity index (χ2n) is 4.51. The van der Waals surface area contributed by atoms with Crippen LogP contribution in [0.5, 0.6) is 0 Å². The lowest BCUT2D eigenvalue weighted by Gasteiger charge is -2.13. The predicted molar refractivity (Wildman–Crippen MR) is 75.1 cm³/mol. The molecule has 88 valence electrons. The highest BCUT2D eigenvalue weighted by Gasteiger charge is 2.17. The van der Waals surface area contributed by atoms with Gasteiger partial charge < -0.3 is 5.32 Å². The summed E-state index contributed by atoms with van der Waals surface area (Å²) in [6.07, 6.45) is 2.56. The van der Waals surface area contributed by atoms with Gasteiger partial charge in [-0.1, -0.05) is 19.9 Å². The molecule has 1 aliphatic heterocycles. The van der Waals surface area contributed by atoms with Crippen molar-refractivity contribution in [2.45, 2.75) is 42.9 Å². The molecule has 0 radical (unpaired) electrons. The van der Waals surface area contributed by atoms with Crippen molar-refractivity contribution in [3.05, 3.63) is 28.2 Å². The third-order valence-electron chi connectivity index (χ3n) is 2.78. The van der Waals surface area contributed by atoms with E-state index in [-0.39, 0.29) is 0 Å². The second-order valence-corrected chi connectivity index (χ2v) is 6.98. The molecule has 3 heteroatoms. The normalized spacial score (nSPS) is 20.6. The summed E-state index contributed by atoms with van der Waals surface area (Å²) in [6.45, 7) is 5.61. The summed E-state index contributed by atoms with van der Waals surface area (Å²) in [7, 11) is 0. The minimum absolute atomic E-state index is 0.564. The first kappa shape index (κ1) is 12.5. The van der Waals surface area contributed by atoms with E-state index in [1.54, 1.807) is 0 Å².